The zero-order valence-corrected chi connectivity index (χ0v) is 17.9. The molecule has 2 rings (SSSR count). The lowest BCUT2D eigenvalue weighted by Gasteiger charge is -2.23. The van der Waals surface area contributed by atoms with E-state index < -0.39 is 0 Å². The van der Waals surface area contributed by atoms with Gasteiger partial charge in [0.15, 0.2) is 5.96 Å². The van der Waals surface area contributed by atoms with E-state index in [1.54, 1.807) is 0 Å². The van der Waals surface area contributed by atoms with Crippen LogP contribution in [0.2, 0.25) is 0 Å². The molecule has 0 amide bonds. The number of nitrogens with one attached hydrogen (secondary N) is 2. The van der Waals surface area contributed by atoms with Crippen LogP contribution in [0.25, 0.3) is 0 Å². The molecular weight excluding hydrogens is 419 g/mol. The summed E-state index contributed by atoms with van der Waals surface area (Å²) < 4.78 is 0. The zero-order valence-electron chi connectivity index (χ0n) is 14.7. The Morgan fingerprint density at radius 3 is 2.70 bits per heavy atom. The molecule has 0 aromatic carbocycles. The van der Waals surface area contributed by atoms with Gasteiger partial charge in [-0.2, -0.15) is 0 Å². The molecule has 0 bridgehead atoms. The Kier molecular flexibility index (Phi) is 9.46. The van der Waals surface area contributed by atoms with E-state index in [2.05, 4.69) is 60.9 Å². The minimum atomic E-state index is 0. The monoisotopic (exact) mass is 450 g/mol. The highest BCUT2D eigenvalue weighted by Gasteiger charge is 2.28. The summed E-state index contributed by atoms with van der Waals surface area (Å²) in [6, 6.07) is 5.61. The number of hydrogen-bond donors (Lipinski definition) is 2. The van der Waals surface area contributed by atoms with Crippen LogP contribution >= 0.6 is 35.3 Å². The second-order valence-corrected chi connectivity index (χ2v) is 7.24. The first kappa shape index (κ1) is 20.7. The third-order valence-corrected chi connectivity index (χ3v) is 5.38. The number of nitrogens with zero attached hydrogens (tertiary/aromatic N) is 2. The summed E-state index contributed by atoms with van der Waals surface area (Å²) in [6.45, 7) is 9.28. The molecule has 0 aliphatic heterocycles. The van der Waals surface area contributed by atoms with Gasteiger partial charge >= 0.3 is 0 Å². The molecule has 0 radical (unpaired) electrons. The first-order valence-corrected chi connectivity index (χ1v) is 9.27. The van der Waals surface area contributed by atoms with Crippen molar-refractivity contribution >= 4 is 41.3 Å². The van der Waals surface area contributed by atoms with Crippen molar-refractivity contribution in [3.63, 3.8) is 0 Å². The number of aliphatic imine (C=N–C) groups is 1. The first-order valence-electron chi connectivity index (χ1n) is 8.39. The predicted octanol–water partition coefficient (Wildman–Crippen LogP) is 3.51. The highest BCUT2D eigenvalue weighted by molar-refractivity contribution is 14.0. The summed E-state index contributed by atoms with van der Waals surface area (Å²) in [4.78, 5) is 8.64. The lowest BCUT2D eigenvalue weighted by Crippen LogP contribution is -2.40. The summed E-state index contributed by atoms with van der Waals surface area (Å²) in [7, 11) is 2.22. The van der Waals surface area contributed by atoms with Crippen LogP contribution in [0.4, 0.5) is 0 Å². The van der Waals surface area contributed by atoms with Crippen molar-refractivity contribution in [2.24, 2.45) is 4.99 Å². The summed E-state index contributed by atoms with van der Waals surface area (Å²) >= 11 is 1.82. The van der Waals surface area contributed by atoms with Crippen LogP contribution in [0.15, 0.2) is 22.5 Å². The Hall–Kier alpha value is -0.340. The highest BCUT2D eigenvalue weighted by atomic mass is 127. The van der Waals surface area contributed by atoms with Crippen molar-refractivity contribution < 1.29 is 0 Å². The molecule has 1 saturated carbocycles. The molecule has 132 valence electrons. The molecule has 4 nitrogen and oxygen atoms in total. The van der Waals surface area contributed by atoms with Crippen LogP contribution in [0.5, 0.6) is 0 Å². The maximum Gasteiger partial charge on any atom is 0.191 e. The van der Waals surface area contributed by atoms with Crippen molar-refractivity contribution in [3.05, 3.63) is 22.4 Å². The molecule has 1 aromatic heterocycles. The Morgan fingerprint density at radius 2 is 2.13 bits per heavy atom. The number of rotatable bonds is 8. The first-order chi connectivity index (χ1) is 10.6. The van der Waals surface area contributed by atoms with Crippen LogP contribution in [0.1, 0.15) is 44.4 Å². The molecule has 1 heterocycles. The van der Waals surface area contributed by atoms with Crippen LogP contribution in [0.3, 0.4) is 0 Å². The summed E-state index contributed by atoms with van der Waals surface area (Å²) in [5.74, 6) is 1.44. The van der Waals surface area contributed by atoms with Gasteiger partial charge in [0.05, 0.1) is 6.54 Å². The quantitative estimate of drug-likeness (QED) is 0.362. The van der Waals surface area contributed by atoms with Crippen molar-refractivity contribution in [3.8, 4) is 0 Å². The van der Waals surface area contributed by atoms with E-state index in [0.717, 1.165) is 31.6 Å². The second-order valence-electron chi connectivity index (χ2n) is 6.26. The van der Waals surface area contributed by atoms with Gasteiger partial charge in [-0.3, -0.25) is 9.89 Å². The molecule has 1 aliphatic rings. The van der Waals surface area contributed by atoms with Crippen molar-refractivity contribution in [2.45, 2.75) is 51.6 Å². The van der Waals surface area contributed by atoms with Crippen LogP contribution in [-0.4, -0.2) is 49.6 Å². The van der Waals surface area contributed by atoms with Gasteiger partial charge in [-0.25, -0.2) is 0 Å². The normalized spacial score (nSPS) is 17.5. The Morgan fingerprint density at radius 1 is 1.39 bits per heavy atom. The SMILES string of the molecule is CCNC(=NCC(C)N(C)C1CC1)NCC(C)c1cccs1.I. The highest BCUT2D eigenvalue weighted by Crippen LogP contribution is 2.26. The third-order valence-electron chi connectivity index (χ3n) is 4.28. The number of guanidine groups is 1. The smallest absolute Gasteiger partial charge is 0.191 e. The van der Waals surface area contributed by atoms with E-state index in [0.29, 0.717) is 12.0 Å². The number of thiophene rings is 1. The predicted molar refractivity (Wildman–Crippen MR) is 112 cm³/mol. The van der Waals surface area contributed by atoms with Gasteiger partial charge in [0.1, 0.15) is 0 Å². The lowest BCUT2D eigenvalue weighted by molar-refractivity contribution is 0.253. The van der Waals surface area contributed by atoms with Gasteiger partial charge < -0.3 is 10.6 Å². The van der Waals surface area contributed by atoms with Gasteiger partial charge in [0, 0.05) is 36.0 Å². The van der Waals surface area contributed by atoms with E-state index >= 15 is 0 Å². The summed E-state index contributed by atoms with van der Waals surface area (Å²) in [5.41, 5.74) is 0. The molecule has 6 heteroatoms. The van der Waals surface area contributed by atoms with E-state index in [4.69, 9.17) is 4.99 Å². The maximum atomic E-state index is 4.75. The molecule has 23 heavy (non-hydrogen) atoms. The Balaban J connectivity index is 0.00000264. The average molecular weight is 450 g/mol. The van der Waals surface area contributed by atoms with Crippen LogP contribution in [0, 0.1) is 0 Å². The van der Waals surface area contributed by atoms with E-state index in [-0.39, 0.29) is 24.0 Å². The number of likely N-dealkylation sites (N-methyl/N-ethyl adjacent to an activating group) is 1. The van der Waals surface area contributed by atoms with Crippen LogP contribution < -0.4 is 10.6 Å². The summed E-state index contributed by atoms with van der Waals surface area (Å²) in [5, 5.41) is 8.96. The molecule has 2 unspecified atom stereocenters. The Labute approximate surface area is 162 Å². The fourth-order valence-electron chi connectivity index (χ4n) is 2.46. The number of hydrogen-bond acceptors (Lipinski definition) is 3. The topological polar surface area (TPSA) is 39.7 Å². The molecule has 2 atom stereocenters. The van der Waals surface area contributed by atoms with E-state index in [1.165, 1.54) is 17.7 Å². The van der Waals surface area contributed by atoms with Crippen molar-refractivity contribution in [1.29, 1.82) is 0 Å². The molecule has 0 spiro atoms. The van der Waals surface area contributed by atoms with Gasteiger partial charge in [-0.05, 0) is 45.2 Å². The number of halogens is 1. The zero-order chi connectivity index (χ0) is 15.9. The molecular formula is C17H31IN4S. The molecule has 1 aliphatic carbocycles. The largest absolute Gasteiger partial charge is 0.357 e. The van der Waals surface area contributed by atoms with Gasteiger partial charge in [-0.1, -0.05) is 13.0 Å². The summed E-state index contributed by atoms with van der Waals surface area (Å²) in [6.07, 6.45) is 2.70. The molecule has 2 N–H and O–H groups in total. The minimum Gasteiger partial charge on any atom is -0.357 e. The van der Waals surface area contributed by atoms with Gasteiger partial charge in [-0.15, -0.1) is 35.3 Å². The molecule has 1 fully saturated rings. The van der Waals surface area contributed by atoms with E-state index in [9.17, 15) is 0 Å². The standard InChI is InChI=1S/C17H30N4S.HI/c1-5-18-17(19-11-13(2)16-7-6-10-22-16)20-12-14(3)21(4)15-8-9-15;/h6-7,10,13-15H,5,8-9,11-12H2,1-4H3,(H2,18,19,20);1H. The third kappa shape index (κ3) is 6.97. The van der Waals surface area contributed by atoms with E-state index in [1.807, 2.05) is 11.3 Å². The van der Waals surface area contributed by atoms with Gasteiger partial charge in [0.25, 0.3) is 0 Å². The second kappa shape index (κ2) is 10.5. The van der Waals surface area contributed by atoms with Crippen molar-refractivity contribution in [1.82, 2.24) is 15.5 Å². The average Bonchev–Trinajstić information content (AvgIpc) is 3.22. The fraction of sp³-hybridized carbons (Fsp3) is 0.706. The minimum absolute atomic E-state index is 0. The Bertz CT molecular complexity index is 459. The maximum absolute atomic E-state index is 4.75. The van der Waals surface area contributed by atoms with Crippen molar-refractivity contribution in [2.75, 3.05) is 26.7 Å². The lowest BCUT2D eigenvalue weighted by atomic mass is 10.1. The van der Waals surface area contributed by atoms with Crippen LogP contribution in [-0.2, 0) is 0 Å². The fourth-order valence-corrected chi connectivity index (χ4v) is 3.24. The molecule has 0 saturated heterocycles. The van der Waals surface area contributed by atoms with Gasteiger partial charge in [0.2, 0.25) is 0 Å². The molecule has 1 aromatic rings.